The lowest BCUT2D eigenvalue weighted by atomic mass is 9.71. The van der Waals surface area contributed by atoms with Crippen molar-refractivity contribution in [3.05, 3.63) is 98.5 Å². The Morgan fingerprint density at radius 2 is 1.58 bits per heavy atom. The molecule has 3 aliphatic rings. The van der Waals surface area contributed by atoms with Crippen LogP contribution in [0.3, 0.4) is 0 Å². The second-order valence-electron chi connectivity index (χ2n) is 9.92. The van der Waals surface area contributed by atoms with Crippen LogP contribution in [-0.4, -0.2) is 33.0 Å². The largest absolute Gasteiger partial charge is 0.351 e. The van der Waals surface area contributed by atoms with Crippen molar-refractivity contribution >= 4 is 28.2 Å². The lowest BCUT2D eigenvalue weighted by Gasteiger charge is -2.42. The average molecular weight is 482 g/mol. The number of aromatic nitrogens is 1. The van der Waals surface area contributed by atoms with Gasteiger partial charge in [0.15, 0.2) is 11.6 Å². The van der Waals surface area contributed by atoms with E-state index in [0.29, 0.717) is 19.4 Å². The summed E-state index contributed by atoms with van der Waals surface area (Å²) in [5.74, 6) is -0.106. The molecule has 2 aliphatic carbocycles. The second kappa shape index (κ2) is 8.59. The first-order valence-corrected chi connectivity index (χ1v) is 12.5. The van der Waals surface area contributed by atoms with Gasteiger partial charge in [0, 0.05) is 84.1 Å². The fourth-order valence-corrected chi connectivity index (χ4v) is 6.26. The van der Waals surface area contributed by atoms with Gasteiger partial charge in [0.1, 0.15) is 0 Å². The Morgan fingerprint density at radius 3 is 2.25 bits per heavy atom. The van der Waals surface area contributed by atoms with E-state index >= 15 is 0 Å². The fourth-order valence-electron chi connectivity index (χ4n) is 6.26. The van der Waals surface area contributed by atoms with Crippen molar-refractivity contribution in [2.45, 2.75) is 51.0 Å². The molecule has 0 saturated heterocycles. The summed E-state index contributed by atoms with van der Waals surface area (Å²) in [7, 11) is 2.00. The van der Waals surface area contributed by atoms with Gasteiger partial charge in [-0.1, -0.05) is 30.3 Å². The SMILES string of the molecule is CN1C2=C(C(=O)CCC2)C(c2cn(Cc3cccc([N+](=O)[O-])c3)c3ccccc23)C2=C1CCCC2=O. The Labute approximate surface area is 208 Å². The van der Waals surface area contributed by atoms with E-state index in [0.717, 1.165) is 70.3 Å². The number of benzene rings is 2. The summed E-state index contributed by atoms with van der Waals surface area (Å²) < 4.78 is 2.09. The second-order valence-corrected chi connectivity index (χ2v) is 9.92. The Morgan fingerprint density at radius 1 is 0.917 bits per heavy atom. The monoisotopic (exact) mass is 481 g/mol. The fraction of sp³-hybridized carbons (Fsp3) is 0.310. The van der Waals surface area contributed by atoms with Crippen LogP contribution < -0.4 is 0 Å². The molecule has 0 N–H and O–H groups in total. The van der Waals surface area contributed by atoms with Crippen LogP contribution >= 0.6 is 0 Å². The third kappa shape index (κ3) is 3.49. The first kappa shape index (κ1) is 22.5. The minimum atomic E-state index is -0.382. The van der Waals surface area contributed by atoms with E-state index in [1.165, 1.54) is 6.07 Å². The van der Waals surface area contributed by atoms with Gasteiger partial charge in [-0.05, 0) is 42.9 Å². The highest BCUT2D eigenvalue weighted by molar-refractivity contribution is 6.07. The predicted octanol–water partition coefficient (Wildman–Crippen LogP) is 5.64. The van der Waals surface area contributed by atoms with Crippen molar-refractivity contribution in [1.82, 2.24) is 9.47 Å². The average Bonchev–Trinajstić information content (AvgIpc) is 3.23. The van der Waals surface area contributed by atoms with E-state index in [1.807, 2.05) is 37.4 Å². The smallest absolute Gasteiger partial charge is 0.269 e. The zero-order valence-electron chi connectivity index (χ0n) is 20.2. The zero-order chi connectivity index (χ0) is 25.0. The molecule has 6 rings (SSSR count). The maximum absolute atomic E-state index is 13.4. The van der Waals surface area contributed by atoms with Gasteiger partial charge < -0.3 is 9.47 Å². The molecular formula is C29H27N3O4. The van der Waals surface area contributed by atoms with Crippen LogP contribution in [0.1, 0.15) is 55.6 Å². The number of para-hydroxylation sites is 1. The van der Waals surface area contributed by atoms with E-state index in [1.54, 1.807) is 12.1 Å². The minimum absolute atomic E-state index is 0.0599. The number of fused-ring (bicyclic) bond motifs is 1. The number of hydrogen-bond acceptors (Lipinski definition) is 5. The molecule has 0 atom stereocenters. The Kier molecular flexibility index (Phi) is 5.36. The predicted molar refractivity (Wildman–Crippen MR) is 136 cm³/mol. The van der Waals surface area contributed by atoms with Crippen LogP contribution in [0.5, 0.6) is 0 Å². The summed E-state index contributed by atoms with van der Waals surface area (Å²) in [6.45, 7) is 0.453. The van der Waals surface area contributed by atoms with Gasteiger partial charge in [0.2, 0.25) is 0 Å². The van der Waals surface area contributed by atoms with E-state index in [9.17, 15) is 19.7 Å². The molecule has 1 aliphatic heterocycles. The van der Waals surface area contributed by atoms with Gasteiger partial charge in [-0.2, -0.15) is 0 Å². The molecule has 182 valence electrons. The van der Waals surface area contributed by atoms with Gasteiger partial charge in [-0.25, -0.2) is 0 Å². The summed E-state index contributed by atoms with van der Waals surface area (Å²) in [4.78, 5) is 39.8. The molecule has 3 aromatic rings. The summed E-state index contributed by atoms with van der Waals surface area (Å²) in [5, 5.41) is 12.3. The Hall–Kier alpha value is -4.00. The number of non-ortho nitro benzene ring substituents is 1. The van der Waals surface area contributed by atoms with Crippen LogP contribution in [0.25, 0.3) is 10.9 Å². The lowest BCUT2D eigenvalue weighted by molar-refractivity contribution is -0.384. The maximum atomic E-state index is 13.4. The lowest BCUT2D eigenvalue weighted by Crippen LogP contribution is -2.37. The van der Waals surface area contributed by atoms with E-state index in [4.69, 9.17) is 0 Å². The van der Waals surface area contributed by atoms with Crippen LogP contribution in [0.2, 0.25) is 0 Å². The van der Waals surface area contributed by atoms with Crippen LogP contribution in [0.15, 0.2) is 77.3 Å². The Balaban J connectivity index is 1.55. The highest BCUT2D eigenvalue weighted by Gasteiger charge is 2.43. The van der Waals surface area contributed by atoms with Crippen LogP contribution in [0.4, 0.5) is 5.69 Å². The molecular weight excluding hydrogens is 454 g/mol. The maximum Gasteiger partial charge on any atom is 0.269 e. The van der Waals surface area contributed by atoms with Crippen molar-refractivity contribution in [3.63, 3.8) is 0 Å². The van der Waals surface area contributed by atoms with E-state index in [-0.39, 0.29) is 28.1 Å². The summed E-state index contributed by atoms with van der Waals surface area (Å²) in [5.41, 5.74) is 6.49. The number of nitro benzene ring substituents is 1. The highest BCUT2D eigenvalue weighted by Crippen LogP contribution is 2.50. The molecule has 0 amide bonds. The molecule has 0 saturated carbocycles. The molecule has 2 aromatic carbocycles. The summed E-state index contributed by atoms with van der Waals surface area (Å²) in [6, 6.07) is 14.7. The molecule has 0 fully saturated rings. The summed E-state index contributed by atoms with van der Waals surface area (Å²) >= 11 is 0. The summed E-state index contributed by atoms with van der Waals surface area (Å²) in [6.07, 6.45) is 6.41. The number of Topliss-reactive ketones (excluding diaryl/α,β-unsaturated/α-hetero) is 2. The molecule has 7 nitrogen and oxygen atoms in total. The van der Waals surface area contributed by atoms with Crippen molar-refractivity contribution < 1.29 is 14.5 Å². The molecule has 36 heavy (non-hydrogen) atoms. The molecule has 0 spiro atoms. The molecule has 0 unspecified atom stereocenters. The van der Waals surface area contributed by atoms with Crippen LogP contribution in [-0.2, 0) is 16.1 Å². The third-order valence-corrected chi connectivity index (χ3v) is 7.85. The molecule has 2 heterocycles. The molecule has 1 aromatic heterocycles. The zero-order valence-corrected chi connectivity index (χ0v) is 20.2. The molecule has 7 heteroatoms. The number of ketones is 2. The first-order valence-electron chi connectivity index (χ1n) is 12.5. The minimum Gasteiger partial charge on any atom is -0.351 e. The normalized spacial score (nSPS) is 18.6. The first-order chi connectivity index (χ1) is 17.4. The van der Waals surface area contributed by atoms with Gasteiger partial charge in [0.25, 0.3) is 5.69 Å². The van der Waals surface area contributed by atoms with E-state index < -0.39 is 0 Å². The number of hydrogen-bond donors (Lipinski definition) is 0. The van der Waals surface area contributed by atoms with Gasteiger partial charge in [0.05, 0.1) is 4.92 Å². The van der Waals surface area contributed by atoms with Gasteiger partial charge in [-0.3, -0.25) is 19.7 Å². The standard InChI is InChI=1S/C29H27N3O4/c1-30-23-11-5-13-25(33)28(23)27(29-24(30)12-6-14-26(29)34)21-17-31(22-10-3-2-9-20(21)22)16-18-7-4-8-19(15-18)32(35)36/h2-4,7-10,15,17,27H,5-6,11-14,16H2,1H3. The number of rotatable bonds is 4. The topological polar surface area (TPSA) is 85.4 Å². The third-order valence-electron chi connectivity index (χ3n) is 7.85. The highest BCUT2D eigenvalue weighted by atomic mass is 16.6. The van der Waals surface area contributed by atoms with Crippen molar-refractivity contribution in [2.75, 3.05) is 7.05 Å². The number of allylic oxidation sites excluding steroid dienone is 4. The van der Waals surface area contributed by atoms with Gasteiger partial charge >= 0.3 is 0 Å². The quantitative estimate of drug-likeness (QED) is 0.356. The number of carbonyl (C=O) groups excluding carboxylic acids is 2. The Bertz CT molecular complexity index is 1470. The van der Waals surface area contributed by atoms with Crippen molar-refractivity contribution in [2.24, 2.45) is 0 Å². The van der Waals surface area contributed by atoms with E-state index in [2.05, 4.69) is 15.7 Å². The number of nitrogens with zero attached hydrogens (tertiary/aromatic N) is 3. The van der Waals surface area contributed by atoms with Crippen molar-refractivity contribution in [1.29, 1.82) is 0 Å². The molecule has 0 radical (unpaired) electrons. The van der Waals surface area contributed by atoms with Crippen molar-refractivity contribution in [3.8, 4) is 0 Å². The number of carbonyl (C=O) groups is 2. The molecule has 0 bridgehead atoms. The van der Waals surface area contributed by atoms with Crippen LogP contribution in [0, 0.1) is 10.1 Å². The van der Waals surface area contributed by atoms with Gasteiger partial charge in [-0.15, -0.1) is 0 Å². The number of nitro groups is 1.